The molecule has 0 aliphatic heterocycles. The van der Waals surface area contributed by atoms with Crippen molar-refractivity contribution < 1.29 is 27.5 Å². The van der Waals surface area contributed by atoms with Gasteiger partial charge in [-0.3, -0.25) is 9.59 Å². The van der Waals surface area contributed by atoms with E-state index in [-0.39, 0.29) is 60.8 Å². The fraction of sp³-hybridized carbons (Fsp3) is 0.320. The molecular formula is C25H26F3N5O3. The largest absolute Gasteiger partial charge is 0.496 e. The lowest BCUT2D eigenvalue weighted by Crippen LogP contribution is -2.24. The zero-order chi connectivity index (χ0) is 26.0. The molecule has 8 nitrogen and oxygen atoms in total. The van der Waals surface area contributed by atoms with Gasteiger partial charge in [0.1, 0.15) is 11.6 Å². The van der Waals surface area contributed by atoms with Crippen LogP contribution >= 0.6 is 0 Å². The van der Waals surface area contributed by atoms with Crippen LogP contribution in [0, 0.1) is 5.82 Å². The van der Waals surface area contributed by atoms with Crippen molar-refractivity contribution in [1.29, 1.82) is 0 Å². The fourth-order valence-corrected chi connectivity index (χ4v) is 4.38. The Labute approximate surface area is 205 Å². The van der Waals surface area contributed by atoms with Crippen molar-refractivity contribution in [2.75, 3.05) is 12.8 Å². The van der Waals surface area contributed by atoms with E-state index in [0.29, 0.717) is 11.4 Å². The van der Waals surface area contributed by atoms with Gasteiger partial charge in [0.25, 0.3) is 11.8 Å². The van der Waals surface area contributed by atoms with Gasteiger partial charge in [0.15, 0.2) is 5.69 Å². The summed E-state index contributed by atoms with van der Waals surface area (Å²) in [6.07, 6.45) is -0.113. The lowest BCUT2D eigenvalue weighted by Gasteiger charge is -2.27. The van der Waals surface area contributed by atoms with Crippen LogP contribution in [-0.4, -0.2) is 34.6 Å². The number of nitrogen functional groups attached to an aromatic ring is 1. The van der Waals surface area contributed by atoms with Crippen LogP contribution in [0.2, 0.25) is 0 Å². The van der Waals surface area contributed by atoms with E-state index in [2.05, 4.69) is 10.4 Å². The Balaban J connectivity index is 1.52. The van der Waals surface area contributed by atoms with E-state index in [1.807, 2.05) is 0 Å². The molecule has 1 saturated carbocycles. The standard InChI is InChI=1S/C25H26F3N5O3/c1-36-19-7-4-16(26)12-18(19)24(35)31-13-14-2-5-17(6-3-14)33-22(23(30)34)20(29)21(32-33)15-8-10-25(27,28)11-9-15/h2-7,12,15H,8-11,13,29H2,1H3,(H2,30,34)(H,31,35). The minimum atomic E-state index is -2.70. The zero-order valence-corrected chi connectivity index (χ0v) is 19.6. The van der Waals surface area contributed by atoms with Crippen molar-refractivity contribution in [1.82, 2.24) is 15.1 Å². The summed E-state index contributed by atoms with van der Waals surface area (Å²) < 4.78 is 47.2. The molecule has 5 N–H and O–H groups in total. The summed E-state index contributed by atoms with van der Waals surface area (Å²) in [7, 11) is 1.39. The number of carbonyl (C=O) groups excluding carboxylic acids is 2. The number of anilines is 1. The number of nitrogens with zero attached hydrogens (tertiary/aromatic N) is 2. The highest BCUT2D eigenvalue weighted by molar-refractivity contribution is 5.98. The van der Waals surface area contributed by atoms with Crippen LogP contribution < -0.4 is 21.5 Å². The maximum atomic E-state index is 13.6. The molecule has 0 saturated heterocycles. The second-order valence-electron chi connectivity index (χ2n) is 8.75. The third-order valence-corrected chi connectivity index (χ3v) is 6.33. The van der Waals surface area contributed by atoms with E-state index < -0.39 is 23.6 Å². The summed E-state index contributed by atoms with van der Waals surface area (Å²) in [5.41, 5.74) is 13.5. The highest BCUT2D eigenvalue weighted by atomic mass is 19.3. The van der Waals surface area contributed by atoms with E-state index in [1.165, 1.54) is 23.9 Å². The summed E-state index contributed by atoms with van der Waals surface area (Å²) >= 11 is 0. The van der Waals surface area contributed by atoms with Gasteiger partial charge in [0.05, 0.1) is 29.7 Å². The second-order valence-corrected chi connectivity index (χ2v) is 8.75. The average molecular weight is 502 g/mol. The molecular weight excluding hydrogens is 475 g/mol. The number of methoxy groups -OCH3 is 1. The zero-order valence-electron chi connectivity index (χ0n) is 19.6. The number of carbonyl (C=O) groups is 2. The Morgan fingerprint density at radius 3 is 2.44 bits per heavy atom. The summed E-state index contributed by atoms with van der Waals surface area (Å²) in [4.78, 5) is 24.7. The maximum absolute atomic E-state index is 13.6. The number of primary amides is 1. The number of nitrogens with one attached hydrogen (secondary N) is 1. The Bertz CT molecular complexity index is 1280. The lowest BCUT2D eigenvalue weighted by molar-refractivity contribution is -0.0384. The second kappa shape index (κ2) is 9.92. The van der Waals surface area contributed by atoms with E-state index >= 15 is 0 Å². The molecule has 1 aliphatic carbocycles. The van der Waals surface area contributed by atoms with E-state index in [0.717, 1.165) is 11.6 Å². The highest BCUT2D eigenvalue weighted by Gasteiger charge is 2.38. The van der Waals surface area contributed by atoms with E-state index in [4.69, 9.17) is 16.2 Å². The summed E-state index contributed by atoms with van der Waals surface area (Å²) in [5.74, 6) is -4.60. The molecule has 4 rings (SSSR count). The van der Waals surface area contributed by atoms with Crippen molar-refractivity contribution in [3.05, 3.63) is 70.8 Å². The quantitative estimate of drug-likeness (QED) is 0.453. The fourth-order valence-electron chi connectivity index (χ4n) is 4.38. The Kier molecular flexibility index (Phi) is 6.91. The van der Waals surface area contributed by atoms with Gasteiger partial charge >= 0.3 is 0 Å². The van der Waals surface area contributed by atoms with Crippen LogP contribution in [0.5, 0.6) is 5.75 Å². The number of alkyl halides is 2. The molecule has 0 bridgehead atoms. The minimum Gasteiger partial charge on any atom is -0.496 e. The van der Waals surface area contributed by atoms with Crippen molar-refractivity contribution >= 4 is 17.5 Å². The SMILES string of the molecule is COc1ccc(F)cc1C(=O)NCc1ccc(-n2nc(C3CCC(F)(F)CC3)c(N)c2C(N)=O)cc1. The van der Waals surface area contributed by atoms with E-state index in [1.54, 1.807) is 24.3 Å². The molecule has 2 aromatic carbocycles. The predicted molar refractivity (Wildman–Crippen MR) is 127 cm³/mol. The number of rotatable bonds is 7. The number of aromatic nitrogens is 2. The van der Waals surface area contributed by atoms with Gasteiger partial charge in [-0.05, 0) is 48.7 Å². The third-order valence-electron chi connectivity index (χ3n) is 6.33. The van der Waals surface area contributed by atoms with Gasteiger partial charge in [0, 0.05) is 25.3 Å². The van der Waals surface area contributed by atoms with Crippen molar-refractivity contribution in [3.63, 3.8) is 0 Å². The number of halogens is 3. The number of hydrogen-bond acceptors (Lipinski definition) is 5. The van der Waals surface area contributed by atoms with Crippen LogP contribution in [0.15, 0.2) is 42.5 Å². The normalized spacial score (nSPS) is 15.4. The number of ether oxygens (including phenoxy) is 1. The summed E-state index contributed by atoms with van der Waals surface area (Å²) in [6.45, 7) is 0.143. The average Bonchev–Trinajstić information content (AvgIpc) is 3.20. The van der Waals surface area contributed by atoms with Gasteiger partial charge in [-0.15, -0.1) is 0 Å². The molecule has 0 spiro atoms. The number of benzene rings is 2. The van der Waals surface area contributed by atoms with Crippen LogP contribution in [0.25, 0.3) is 5.69 Å². The Hall–Kier alpha value is -4.02. The monoisotopic (exact) mass is 501 g/mol. The smallest absolute Gasteiger partial charge is 0.269 e. The van der Waals surface area contributed by atoms with Gasteiger partial charge in [-0.1, -0.05) is 12.1 Å². The first kappa shape index (κ1) is 25.1. The van der Waals surface area contributed by atoms with Crippen molar-refractivity contribution in [2.45, 2.75) is 44.1 Å². The first-order chi connectivity index (χ1) is 17.1. The molecule has 1 fully saturated rings. The molecule has 190 valence electrons. The van der Waals surface area contributed by atoms with Crippen LogP contribution in [0.3, 0.4) is 0 Å². The molecule has 0 radical (unpaired) electrons. The highest BCUT2D eigenvalue weighted by Crippen LogP contribution is 2.42. The lowest BCUT2D eigenvalue weighted by atomic mass is 9.84. The maximum Gasteiger partial charge on any atom is 0.269 e. The predicted octanol–water partition coefficient (Wildman–Crippen LogP) is 3.92. The molecule has 3 aromatic rings. The summed E-state index contributed by atoms with van der Waals surface area (Å²) in [5, 5.41) is 7.18. The van der Waals surface area contributed by atoms with Gasteiger partial charge in [0.2, 0.25) is 5.92 Å². The topological polar surface area (TPSA) is 125 Å². The third kappa shape index (κ3) is 5.14. The molecule has 36 heavy (non-hydrogen) atoms. The Morgan fingerprint density at radius 2 is 1.83 bits per heavy atom. The summed E-state index contributed by atoms with van der Waals surface area (Å²) in [6, 6.07) is 10.4. The van der Waals surface area contributed by atoms with E-state index in [9.17, 15) is 22.8 Å². The van der Waals surface area contributed by atoms with Gasteiger partial charge in [-0.25, -0.2) is 17.9 Å². The molecule has 1 heterocycles. The minimum absolute atomic E-state index is 0.0124. The first-order valence-corrected chi connectivity index (χ1v) is 11.4. The van der Waals surface area contributed by atoms with Gasteiger partial charge < -0.3 is 21.5 Å². The van der Waals surface area contributed by atoms with Crippen LogP contribution in [0.4, 0.5) is 18.9 Å². The van der Waals surface area contributed by atoms with Crippen LogP contribution in [-0.2, 0) is 6.54 Å². The van der Waals surface area contributed by atoms with Crippen molar-refractivity contribution in [2.24, 2.45) is 5.73 Å². The molecule has 1 aromatic heterocycles. The number of nitrogens with two attached hydrogens (primary N) is 2. The molecule has 0 atom stereocenters. The Morgan fingerprint density at radius 1 is 1.17 bits per heavy atom. The first-order valence-electron chi connectivity index (χ1n) is 11.4. The number of hydrogen-bond donors (Lipinski definition) is 3. The number of amides is 2. The molecule has 1 aliphatic rings. The van der Waals surface area contributed by atoms with Gasteiger partial charge in [-0.2, -0.15) is 5.10 Å². The van der Waals surface area contributed by atoms with Crippen molar-refractivity contribution in [3.8, 4) is 11.4 Å². The molecule has 0 unspecified atom stereocenters. The van der Waals surface area contributed by atoms with Crippen LogP contribution in [0.1, 0.15) is 63.7 Å². The molecule has 2 amide bonds. The molecule has 11 heteroatoms.